The number of carbonyl (C=O) groups is 1. The summed E-state index contributed by atoms with van der Waals surface area (Å²) in [5, 5.41) is 3.02. The summed E-state index contributed by atoms with van der Waals surface area (Å²) in [6.07, 6.45) is 3.39. The van der Waals surface area contributed by atoms with Crippen molar-refractivity contribution in [2.45, 2.75) is 37.3 Å². The number of halogens is 2. The Bertz CT molecular complexity index is 623. The van der Waals surface area contributed by atoms with Gasteiger partial charge >= 0.3 is 6.03 Å². The standard InChI is InChI=1S/C19H27F2N3O2/c1-23(2)7-8-24(13-17-4-3-9-26-17)18(25)22-19(5-6-19)14-10-15(20)12-16(21)11-14/h10-12,17H,3-9,13H2,1-2H3,(H,22,25)/t17-/m1/s1. The van der Waals surface area contributed by atoms with E-state index in [9.17, 15) is 13.6 Å². The quantitative estimate of drug-likeness (QED) is 0.806. The number of carbonyl (C=O) groups excluding carboxylic acids is 1. The molecule has 3 rings (SSSR count). The number of hydrogen-bond acceptors (Lipinski definition) is 3. The van der Waals surface area contributed by atoms with Crippen molar-refractivity contribution in [1.29, 1.82) is 0 Å². The molecule has 1 aliphatic carbocycles. The summed E-state index contributed by atoms with van der Waals surface area (Å²) in [7, 11) is 3.92. The molecule has 0 unspecified atom stereocenters. The molecule has 5 nitrogen and oxygen atoms in total. The number of urea groups is 1. The van der Waals surface area contributed by atoms with Crippen molar-refractivity contribution in [3.63, 3.8) is 0 Å². The zero-order chi connectivity index (χ0) is 18.7. The first-order valence-electron chi connectivity index (χ1n) is 9.18. The van der Waals surface area contributed by atoms with Crippen LogP contribution in [0.25, 0.3) is 0 Å². The first-order valence-corrected chi connectivity index (χ1v) is 9.18. The maximum atomic E-state index is 13.6. The van der Waals surface area contributed by atoms with Crippen molar-refractivity contribution >= 4 is 6.03 Å². The molecule has 0 aromatic heterocycles. The molecule has 0 radical (unpaired) electrons. The number of amides is 2. The van der Waals surface area contributed by atoms with E-state index in [2.05, 4.69) is 5.32 Å². The molecule has 2 aliphatic rings. The lowest BCUT2D eigenvalue weighted by molar-refractivity contribution is 0.0788. The lowest BCUT2D eigenvalue weighted by atomic mass is 10.0. The van der Waals surface area contributed by atoms with Crippen LogP contribution in [0.1, 0.15) is 31.2 Å². The van der Waals surface area contributed by atoms with E-state index in [1.54, 1.807) is 4.90 Å². The Morgan fingerprint density at radius 3 is 2.46 bits per heavy atom. The molecule has 1 atom stereocenters. The Labute approximate surface area is 153 Å². The Morgan fingerprint density at radius 2 is 1.92 bits per heavy atom. The van der Waals surface area contributed by atoms with Crippen LogP contribution < -0.4 is 5.32 Å². The highest BCUT2D eigenvalue weighted by Gasteiger charge is 2.47. The molecular weight excluding hydrogens is 340 g/mol. The Hall–Kier alpha value is -1.73. The highest BCUT2D eigenvalue weighted by molar-refractivity contribution is 5.76. The van der Waals surface area contributed by atoms with Gasteiger partial charge in [0.1, 0.15) is 11.6 Å². The van der Waals surface area contributed by atoms with Crippen LogP contribution in [-0.2, 0) is 10.3 Å². The van der Waals surface area contributed by atoms with Gasteiger partial charge in [0, 0.05) is 32.3 Å². The van der Waals surface area contributed by atoms with Crippen molar-refractivity contribution < 1.29 is 18.3 Å². The molecule has 2 amide bonds. The molecule has 0 spiro atoms. The van der Waals surface area contributed by atoms with Crippen LogP contribution in [0.15, 0.2) is 18.2 Å². The second kappa shape index (κ2) is 7.88. The number of nitrogens with one attached hydrogen (secondary N) is 1. The van der Waals surface area contributed by atoms with Crippen molar-refractivity contribution in [1.82, 2.24) is 15.1 Å². The van der Waals surface area contributed by atoms with Crippen LogP contribution in [0.5, 0.6) is 0 Å². The van der Waals surface area contributed by atoms with Gasteiger partial charge < -0.3 is 19.9 Å². The molecule has 144 valence electrons. The predicted molar refractivity (Wildman–Crippen MR) is 94.9 cm³/mol. The fraction of sp³-hybridized carbons (Fsp3) is 0.632. The first kappa shape index (κ1) is 19.0. The predicted octanol–water partition coefficient (Wildman–Crippen LogP) is 2.71. The minimum absolute atomic E-state index is 0.0599. The van der Waals surface area contributed by atoms with Gasteiger partial charge in [-0.1, -0.05) is 0 Å². The van der Waals surface area contributed by atoms with Gasteiger partial charge in [-0.15, -0.1) is 0 Å². The highest BCUT2D eigenvalue weighted by Crippen LogP contribution is 2.46. The molecular formula is C19H27F2N3O2. The maximum Gasteiger partial charge on any atom is 0.318 e. The number of hydrogen-bond donors (Lipinski definition) is 1. The number of nitrogens with zero attached hydrogens (tertiary/aromatic N) is 2. The van der Waals surface area contributed by atoms with Crippen LogP contribution >= 0.6 is 0 Å². The van der Waals surface area contributed by atoms with Gasteiger partial charge in [-0.2, -0.15) is 0 Å². The van der Waals surface area contributed by atoms with Crippen molar-refractivity contribution in [2.24, 2.45) is 0 Å². The normalized spacial score (nSPS) is 21.0. The monoisotopic (exact) mass is 367 g/mol. The summed E-state index contributed by atoms with van der Waals surface area (Å²) in [5.74, 6) is -1.24. The summed E-state index contributed by atoms with van der Waals surface area (Å²) < 4.78 is 32.8. The lowest BCUT2D eigenvalue weighted by Crippen LogP contribution is -2.49. The summed E-state index contributed by atoms with van der Waals surface area (Å²) in [4.78, 5) is 16.7. The van der Waals surface area contributed by atoms with E-state index < -0.39 is 17.2 Å². The zero-order valence-corrected chi connectivity index (χ0v) is 15.4. The Balaban J connectivity index is 1.69. The molecule has 26 heavy (non-hydrogen) atoms. The highest BCUT2D eigenvalue weighted by atomic mass is 19.1. The van der Waals surface area contributed by atoms with Crippen molar-refractivity contribution in [3.05, 3.63) is 35.4 Å². The van der Waals surface area contributed by atoms with E-state index in [4.69, 9.17) is 4.74 Å². The van der Waals surface area contributed by atoms with Gasteiger partial charge in [0.25, 0.3) is 0 Å². The van der Waals surface area contributed by atoms with Gasteiger partial charge in [-0.05, 0) is 57.5 Å². The van der Waals surface area contributed by atoms with E-state index in [0.717, 1.165) is 32.1 Å². The number of ether oxygens (including phenoxy) is 1. The lowest BCUT2D eigenvalue weighted by Gasteiger charge is -2.29. The van der Waals surface area contributed by atoms with Crippen molar-refractivity contribution in [2.75, 3.05) is 40.3 Å². The fourth-order valence-corrected chi connectivity index (χ4v) is 3.36. The third kappa shape index (κ3) is 4.71. The Kier molecular flexibility index (Phi) is 5.77. The average molecular weight is 367 g/mol. The summed E-state index contributed by atoms with van der Waals surface area (Å²) >= 11 is 0. The average Bonchev–Trinajstić information content (AvgIpc) is 3.16. The van der Waals surface area contributed by atoms with Crippen LogP contribution in [0.2, 0.25) is 0 Å². The third-order valence-corrected chi connectivity index (χ3v) is 5.06. The van der Waals surface area contributed by atoms with Crippen LogP contribution in [0.3, 0.4) is 0 Å². The molecule has 7 heteroatoms. The number of rotatable bonds is 7. The van der Waals surface area contributed by atoms with E-state index in [-0.39, 0.29) is 12.1 Å². The van der Waals surface area contributed by atoms with E-state index in [1.165, 1.54) is 12.1 Å². The minimum Gasteiger partial charge on any atom is -0.376 e. The number of benzene rings is 1. The van der Waals surface area contributed by atoms with Gasteiger partial charge in [0.2, 0.25) is 0 Å². The first-order chi connectivity index (χ1) is 12.4. The third-order valence-electron chi connectivity index (χ3n) is 5.06. The second-order valence-electron chi connectivity index (χ2n) is 7.55. The zero-order valence-electron chi connectivity index (χ0n) is 15.4. The minimum atomic E-state index is -0.660. The molecule has 2 fully saturated rings. The van der Waals surface area contributed by atoms with Gasteiger partial charge in [-0.3, -0.25) is 0 Å². The van der Waals surface area contributed by atoms with E-state index >= 15 is 0 Å². The van der Waals surface area contributed by atoms with E-state index in [1.807, 2.05) is 19.0 Å². The van der Waals surface area contributed by atoms with Crippen LogP contribution in [0.4, 0.5) is 13.6 Å². The fourth-order valence-electron chi connectivity index (χ4n) is 3.36. The van der Waals surface area contributed by atoms with Crippen LogP contribution in [-0.4, -0.2) is 62.3 Å². The summed E-state index contributed by atoms with van der Waals surface area (Å²) in [5.41, 5.74) is -0.166. The van der Waals surface area contributed by atoms with E-state index in [0.29, 0.717) is 31.5 Å². The van der Waals surface area contributed by atoms with Crippen molar-refractivity contribution in [3.8, 4) is 0 Å². The summed E-state index contributed by atoms with van der Waals surface area (Å²) in [6.45, 7) is 2.58. The van der Waals surface area contributed by atoms with Gasteiger partial charge in [0.05, 0.1) is 11.6 Å². The second-order valence-corrected chi connectivity index (χ2v) is 7.55. The number of likely N-dealkylation sites (N-methyl/N-ethyl adjacent to an activating group) is 1. The Morgan fingerprint density at radius 1 is 1.23 bits per heavy atom. The molecule has 1 aliphatic heterocycles. The molecule has 1 heterocycles. The smallest absolute Gasteiger partial charge is 0.318 e. The maximum absolute atomic E-state index is 13.6. The molecule has 1 saturated heterocycles. The molecule has 0 bridgehead atoms. The molecule has 1 aromatic rings. The molecule has 1 N–H and O–H groups in total. The van der Waals surface area contributed by atoms with Crippen LogP contribution in [0, 0.1) is 11.6 Å². The topological polar surface area (TPSA) is 44.8 Å². The molecule has 1 aromatic carbocycles. The SMILES string of the molecule is CN(C)CCN(C[C@H]1CCCO1)C(=O)NC1(c2cc(F)cc(F)c2)CC1. The largest absolute Gasteiger partial charge is 0.376 e. The molecule has 1 saturated carbocycles. The van der Waals surface area contributed by atoms with Gasteiger partial charge in [-0.25, -0.2) is 13.6 Å². The summed E-state index contributed by atoms with van der Waals surface area (Å²) in [6, 6.07) is 3.26. The van der Waals surface area contributed by atoms with Gasteiger partial charge in [0.15, 0.2) is 0 Å².